The van der Waals surface area contributed by atoms with E-state index in [0.29, 0.717) is 24.0 Å². The van der Waals surface area contributed by atoms with E-state index in [1.54, 1.807) is 0 Å². The van der Waals surface area contributed by atoms with Crippen LogP contribution in [0.1, 0.15) is 65.7 Å². The summed E-state index contributed by atoms with van der Waals surface area (Å²) in [5.74, 6) is 1.56. The van der Waals surface area contributed by atoms with Gasteiger partial charge in [0.15, 0.2) is 0 Å². The van der Waals surface area contributed by atoms with E-state index in [0.717, 1.165) is 25.7 Å². The molecule has 22 heavy (non-hydrogen) atoms. The lowest BCUT2D eigenvalue weighted by Gasteiger charge is -2.61. The number of rotatable bonds is 2. The molecule has 3 aliphatic carbocycles. The number of aliphatic hydroxyl groups excluding tert-OH is 1. The Kier molecular flexibility index (Phi) is 3.83. The normalized spacial score (nSPS) is 51.8. The summed E-state index contributed by atoms with van der Waals surface area (Å²) in [6, 6.07) is 0. The average Bonchev–Trinajstić information content (AvgIpc) is 2.50. The first kappa shape index (κ1) is 16.2. The molecular formula is C20H32O2. The van der Waals surface area contributed by atoms with Crippen LogP contribution in [0.3, 0.4) is 0 Å². The lowest BCUT2D eigenvalue weighted by Crippen LogP contribution is -2.58. The molecule has 0 spiro atoms. The van der Waals surface area contributed by atoms with E-state index in [2.05, 4.69) is 33.4 Å². The van der Waals surface area contributed by atoms with Crippen LogP contribution in [0.25, 0.3) is 0 Å². The van der Waals surface area contributed by atoms with Gasteiger partial charge in [-0.1, -0.05) is 33.3 Å². The van der Waals surface area contributed by atoms with Gasteiger partial charge in [0.2, 0.25) is 0 Å². The Balaban J connectivity index is 1.95. The minimum Gasteiger partial charge on any atom is -0.396 e. The van der Waals surface area contributed by atoms with Crippen molar-refractivity contribution in [3.63, 3.8) is 0 Å². The van der Waals surface area contributed by atoms with Gasteiger partial charge in [0, 0.05) is 18.9 Å². The van der Waals surface area contributed by atoms with Gasteiger partial charge in [-0.3, -0.25) is 4.79 Å². The van der Waals surface area contributed by atoms with Crippen molar-refractivity contribution in [2.24, 2.45) is 34.0 Å². The Morgan fingerprint density at radius 3 is 2.64 bits per heavy atom. The lowest BCUT2D eigenvalue weighted by molar-refractivity contribution is -0.162. The number of ketones is 1. The summed E-state index contributed by atoms with van der Waals surface area (Å²) in [7, 11) is 0. The second kappa shape index (κ2) is 5.19. The molecule has 0 aliphatic heterocycles. The standard InChI is InChI=1S/C20H32O2/c1-5-18(2)10-7-15-14(12-18)16(22)11-17-19(3,13-21)8-6-9-20(15,17)4/h5,14-15,17,21H,1,6-13H2,2-4H3/t14-,15-,17-,18+,19+,20-/m0/s1. The molecule has 0 heterocycles. The first-order chi connectivity index (χ1) is 10.3. The van der Waals surface area contributed by atoms with Gasteiger partial charge in [-0.15, -0.1) is 6.58 Å². The molecule has 2 nitrogen and oxygen atoms in total. The predicted molar refractivity (Wildman–Crippen MR) is 89.4 cm³/mol. The van der Waals surface area contributed by atoms with E-state index in [-0.39, 0.29) is 28.8 Å². The maximum Gasteiger partial charge on any atom is 0.136 e. The van der Waals surface area contributed by atoms with Crippen molar-refractivity contribution >= 4 is 5.78 Å². The van der Waals surface area contributed by atoms with Crippen molar-refractivity contribution in [3.8, 4) is 0 Å². The maximum absolute atomic E-state index is 12.9. The Morgan fingerprint density at radius 1 is 1.27 bits per heavy atom. The fraction of sp³-hybridized carbons (Fsp3) is 0.850. The molecule has 1 N–H and O–H groups in total. The van der Waals surface area contributed by atoms with Crippen molar-refractivity contribution < 1.29 is 9.90 Å². The first-order valence-corrected chi connectivity index (χ1v) is 9.05. The number of aliphatic hydroxyl groups is 1. The number of allylic oxidation sites excluding steroid dienone is 1. The summed E-state index contributed by atoms with van der Waals surface area (Å²) in [6.45, 7) is 11.1. The Labute approximate surface area is 135 Å². The van der Waals surface area contributed by atoms with Gasteiger partial charge in [0.25, 0.3) is 0 Å². The molecule has 124 valence electrons. The molecule has 2 heteroatoms. The Hall–Kier alpha value is -0.630. The van der Waals surface area contributed by atoms with Gasteiger partial charge < -0.3 is 5.11 Å². The molecule has 6 atom stereocenters. The highest BCUT2D eigenvalue weighted by Crippen LogP contribution is 2.64. The van der Waals surface area contributed by atoms with Gasteiger partial charge in [0.05, 0.1) is 0 Å². The zero-order valence-corrected chi connectivity index (χ0v) is 14.5. The van der Waals surface area contributed by atoms with Gasteiger partial charge >= 0.3 is 0 Å². The first-order valence-electron chi connectivity index (χ1n) is 9.05. The number of hydrogen-bond acceptors (Lipinski definition) is 2. The third-order valence-corrected chi connectivity index (χ3v) is 7.82. The van der Waals surface area contributed by atoms with Gasteiger partial charge in [0.1, 0.15) is 5.78 Å². The number of carbonyl (C=O) groups excluding carboxylic acids is 1. The van der Waals surface area contributed by atoms with Crippen molar-refractivity contribution in [3.05, 3.63) is 12.7 Å². The maximum atomic E-state index is 12.9. The number of carbonyl (C=O) groups is 1. The second-order valence-corrected chi connectivity index (χ2v) is 9.21. The van der Waals surface area contributed by atoms with Crippen LogP contribution in [0.2, 0.25) is 0 Å². The van der Waals surface area contributed by atoms with Crippen LogP contribution in [0.5, 0.6) is 0 Å². The van der Waals surface area contributed by atoms with Gasteiger partial charge in [-0.05, 0) is 60.2 Å². The molecule has 0 unspecified atom stereocenters. The molecule has 0 radical (unpaired) electrons. The molecule has 3 saturated carbocycles. The number of fused-ring (bicyclic) bond motifs is 3. The van der Waals surface area contributed by atoms with Crippen LogP contribution < -0.4 is 0 Å². The molecular weight excluding hydrogens is 272 g/mol. The second-order valence-electron chi connectivity index (χ2n) is 9.21. The summed E-state index contributed by atoms with van der Waals surface area (Å²) < 4.78 is 0. The molecule has 0 aromatic carbocycles. The number of hydrogen-bond donors (Lipinski definition) is 1. The van der Waals surface area contributed by atoms with Crippen molar-refractivity contribution in [1.82, 2.24) is 0 Å². The largest absolute Gasteiger partial charge is 0.396 e. The predicted octanol–water partition coefficient (Wildman–Crippen LogP) is 4.37. The zero-order valence-electron chi connectivity index (χ0n) is 14.5. The minimum atomic E-state index is -0.0627. The Morgan fingerprint density at radius 2 is 2.00 bits per heavy atom. The molecule has 0 saturated heterocycles. The van der Waals surface area contributed by atoms with Gasteiger partial charge in [-0.2, -0.15) is 0 Å². The fourth-order valence-electron chi connectivity index (χ4n) is 6.23. The van der Waals surface area contributed by atoms with E-state index in [1.807, 2.05) is 0 Å². The third-order valence-electron chi connectivity index (χ3n) is 7.82. The summed E-state index contributed by atoms with van der Waals surface area (Å²) in [4.78, 5) is 12.9. The van der Waals surface area contributed by atoms with E-state index in [9.17, 15) is 9.90 Å². The highest BCUT2D eigenvalue weighted by Gasteiger charge is 2.59. The number of Topliss-reactive ketones (excluding diaryl/α,β-unsaturated/α-hetero) is 1. The molecule has 3 aliphatic rings. The summed E-state index contributed by atoms with van der Waals surface area (Å²) in [6.07, 6.45) is 9.53. The van der Waals surface area contributed by atoms with Crippen molar-refractivity contribution in [2.45, 2.75) is 65.7 Å². The molecule has 3 fully saturated rings. The molecule has 3 rings (SSSR count). The van der Waals surface area contributed by atoms with E-state index in [4.69, 9.17) is 0 Å². The molecule has 0 aromatic rings. The third kappa shape index (κ3) is 2.21. The molecule has 0 amide bonds. The monoisotopic (exact) mass is 304 g/mol. The summed E-state index contributed by atoms with van der Waals surface area (Å²) in [5.41, 5.74) is 0.304. The van der Waals surface area contributed by atoms with Crippen molar-refractivity contribution in [1.29, 1.82) is 0 Å². The summed E-state index contributed by atoms with van der Waals surface area (Å²) in [5, 5.41) is 9.98. The topological polar surface area (TPSA) is 37.3 Å². The highest BCUT2D eigenvalue weighted by molar-refractivity contribution is 5.83. The SMILES string of the molecule is C=C[C@]1(C)CC[C@H]2[C@H](C1)C(=O)C[C@H]1[C@@](C)(CO)CCC[C@@]21C. The van der Waals surface area contributed by atoms with Crippen LogP contribution in [0.4, 0.5) is 0 Å². The molecule has 0 aromatic heterocycles. The van der Waals surface area contributed by atoms with Crippen LogP contribution in [-0.4, -0.2) is 17.5 Å². The van der Waals surface area contributed by atoms with Gasteiger partial charge in [-0.25, -0.2) is 0 Å². The van der Waals surface area contributed by atoms with Crippen LogP contribution >= 0.6 is 0 Å². The lowest BCUT2D eigenvalue weighted by atomic mass is 9.43. The average molecular weight is 304 g/mol. The van der Waals surface area contributed by atoms with Crippen molar-refractivity contribution in [2.75, 3.05) is 6.61 Å². The van der Waals surface area contributed by atoms with E-state index in [1.165, 1.54) is 12.8 Å². The van der Waals surface area contributed by atoms with Crippen LogP contribution in [0, 0.1) is 34.0 Å². The fourth-order valence-corrected chi connectivity index (χ4v) is 6.23. The van der Waals surface area contributed by atoms with Crippen LogP contribution in [-0.2, 0) is 4.79 Å². The zero-order chi connectivity index (χ0) is 16.2. The minimum absolute atomic E-state index is 0.0627. The highest BCUT2D eigenvalue weighted by atomic mass is 16.3. The van der Waals surface area contributed by atoms with Crippen LogP contribution in [0.15, 0.2) is 12.7 Å². The van der Waals surface area contributed by atoms with E-state index >= 15 is 0 Å². The smallest absolute Gasteiger partial charge is 0.136 e. The summed E-state index contributed by atoms with van der Waals surface area (Å²) >= 11 is 0. The van der Waals surface area contributed by atoms with E-state index < -0.39 is 0 Å². The Bertz CT molecular complexity index is 484. The quantitative estimate of drug-likeness (QED) is 0.769. The molecule has 0 bridgehead atoms.